The van der Waals surface area contributed by atoms with Gasteiger partial charge in [-0.3, -0.25) is 9.59 Å². The van der Waals surface area contributed by atoms with E-state index in [9.17, 15) is 14.4 Å². The molecule has 6 heteroatoms. The second-order valence-corrected chi connectivity index (χ2v) is 9.27. The van der Waals surface area contributed by atoms with Crippen LogP contribution < -0.4 is 10.6 Å². The number of hydrogen-bond acceptors (Lipinski definition) is 4. The first kappa shape index (κ1) is 27.3. The normalized spacial score (nSPS) is 11.6. The monoisotopic (exact) mass is 520 g/mol. The van der Waals surface area contributed by atoms with Gasteiger partial charge in [0.25, 0.3) is 0 Å². The zero-order valence-corrected chi connectivity index (χ0v) is 21.8. The molecule has 0 aromatic heterocycles. The average molecular weight is 521 g/mol. The molecule has 198 valence electrons. The summed E-state index contributed by atoms with van der Waals surface area (Å²) in [5.74, 6) is -2.01. The predicted molar refractivity (Wildman–Crippen MR) is 151 cm³/mol. The number of rotatable bonds is 11. The number of amides is 2. The highest BCUT2D eigenvalue weighted by atomic mass is 16.5. The van der Waals surface area contributed by atoms with Crippen molar-refractivity contribution in [1.29, 1.82) is 0 Å². The van der Waals surface area contributed by atoms with E-state index < -0.39 is 23.8 Å². The Labute approximate surface area is 229 Å². The maximum absolute atomic E-state index is 13.1. The quantitative estimate of drug-likeness (QED) is 0.278. The average Bonchev–Trinajstić information content (AvgIpc) is 2.98. The number of carbonyl (C=O) groups is 3. The van der Waals surface area contributed by atoms with Crippen LogP contribution in [0.15, 0.2) is 121 Å². The minimum atomic E-state index is -0.874. The van der Waals surface area contributed by atoms with Crippen molar-refractivity contribution in [3.05, 3.63) is 144 Å². The van der Waals surface area contributed by atoms with Crippen LogP contribution in [0, 0.1) is 0 Å². The van der Waals surface area contributed by atoms with Gasteiger partial charge in [0.1, 0.15) is 12.6 Å². The highest BCUT2D eigenvalue weighted by Gasteiger charge is 2.24. The Morgan fingerprint density at radius 3 is 1.49 bits per heavy atom. The Hall–Kier alpha value is -4.71. The van der Waals surface area contributed by atoms with Crippen molar-refractivity contribution in [2.45, 2.75) is 24.8 Å². The van der Waals surface area contributed by atoms with Gasteiger partial charge in [-0.25, -0.2) is 4.79 Å². The van der Waals surface area contributed by atoms with Crippen molar-refractivity contribution in [3.63, 3.8) is 0 Å². The number of esters is 1. The van der Waals surface area contributed by atoms with Crippen LogP contribution in [0.4, 0.5) is 0 Å². The van der Waals surface area contributed by atoms with E-state index in [2.05, 4.69) is 10.6 Å². The molecule has 4 aromatic rings. The van der Waals surface area contributed by atoms with Gasteiger partial charge in [0, 0.05) is 5.92 Å². The van der Waals surface area contributed by atoms with Crippen molar-refractivity contribution >= 4 is 17.8 Å². The standard InChI is InChI=1S/C33H32N2O4/c1-24(33(38)39-23-29(25-14-6-2-7-15-25)26-16-8-3-9-17-26)35-30(36)22-34-32(37)31(27-18-10-4-11-19-27)28-20-12-5-13-21-28/h2-21,24,29,31H,22-23H2,1H3,(H,34,37)(H,35,36)/t24-/m0/s1. The van der Waals surface area contributed by atoms with Gasteiger partial charge in [0.15, 0.2) is 0 Å². The molecule has 0 spiro atoms. The Morgan fingerprint density at radius 2 is 1.05 bits per heavy atom. The molecule has 0 fully saturated rings. The fourth-order valence-electron chi connectivity index (χ4n) is 4.45. The lowest BCUT2D eigenvalue weighted by molar-refractivity contribution is -0.147. The van der Waals surface area contributed by atoms with Crippen LogP contribution in [0.5, 0.6) is 0 Å². The SMILES string of the molecule is C[C@H](NC(=O)CNC(=O)C(c1ccccc1)c1ccccc1)C(=O)OCC(c1ccccc1)c1ccccc1. The molecule has 0 saturated carbocycles. The van der Waals surface area contributed by atoms with Crippen LogP contribution >= 0.6 is 0 Å². The van der Waals surface area contributed by atoms with Crippen LogP contribution in [-0.2, 0) is 19.1 Å². The fourth-order valence-corrected chi connectivity index (χ4v) is 4.45. The molecule has 0 unspecified atom stereocenters. The van der Waals surface area contributed by atoms with Crippen molar-refractivity contribution < 1.29 is 19.1 Å². The van der Waals surface area contributed by atoms with Gasteiger partial charge in [0.2, 0.25) is 11.8 Å². The summed E-state index contributed by atoms with van der Waals surface area (Å²) >= 11 is 0. The molecule has 0 aliphatic heterocycles. The van der Waals surface area contributed by atoms with E-state index in [0.717, 1.165) is 22.3 Å². The molecule has 0 aliphatic carbocycles. The molecule has 0 heterocycles. The zero-order chi connectivity index (χ0) is 27.5. The largest absolute Gasteiger partial charge is 0.463 e. The van der Waals surface area contributed by atoms with Gasteiger partial charge in [0.05, 0.1) is 12.5 Å². The van der Waals surface area contributed by atoms with Crippen LogP contribution in [0.25, 0.3) is 0 Å². The first-order chi connectivity index (χ1) is 19.0. The molecule has 4 rings (SSSR count). The van der Waals surface area contributed by atoms with Crippen LogP contribution in [-0.4, -0.2) is 37.0 Å². The van der Waals surface area contributed by atoms with E-state index in [-0.39, 0.29) is 25.0 Å². The molecule has 0 saturated heterocycles. The Morgan fingerprint density at radius 1 is 0.641 bits per heavy atom. The summed E-state index contributed by atoms with van der Waals surface area (Å²) in [4.78, 5) is 38.5. The fraction of sp³-hybridized carbons (Fsp3) is 0.182. The molecule has 39 heavy (non-hydrogen) atoms. The highest BCUT2D eigenvalue weighted by molar-refractivity contribution is 5.92. The molecule has 2 amide bonds. The molecule has 0 aliphatic rings. The van der Waals surface area contributed by atoms with E-state index in [0.29, 0.717) is 0 Å². The van der Waals surface area contributed by atoms with E-state index in [1.165, 1.54) is 0 Å². The predicted octanol–water partition coefficient (Wildman–Crippen LogP) is 4.81. The van der Waals surface area contributed by atoms with Gasteiger partial charge >= 0.3 is 5.97 Å². The zero-order valence-electron chi connectivity index (χ0n) is 21.8. The van der Waals surface area contributed by atoms with Crippen molar-refractivity contribution in [2.75, 3.05) is 13.2 Å². The molecule has 4 aromatic carbocycles. The third-order valence-corrected chi connectivity index (χ3v) is 6.48. The van der Waals surface area contributed by atoms with Crippen LogP contribution in [0.3, 0.4) is 0 Å². The van der Waals surface area contributed by atoms with Gasteiger partial charge in [-0.15, -0.1) is 0 Å². The van der Waals surface area contributed by atoms with E-state index in [4.69, 9.17) is 4.74 Å². The second kappa shape index (κ2) is 13.7. The lowest BCUT2D eigenvalue weighted by atomic mass is 9.90. The summed E-state index contributed by atoms with van der Waals surface area (Å²) in [6, 6.07) is 37.6. The molecule has 6 nitrogen and oxygen atoms in total. The highest BCUT2D eigenvalue weighted by Crippen LogP contribution is 2.26. The van der Waals surface area contributed by atoms with Crippen molar-refractivity contribution in [3.8, 4) is 0 Å². The van der Waals surface area contributed by atoms with Crippen LogP contribution in [0.2, 0.25) is 0 Å². The van der Waals surface area contributed by atoms with Crippen molar-refractivity contribution in [2.24, 2.45) is 0 Å². The summed E-state index contributed by atoms with van der Waals surface area (Å²) in [7, 11) is 0. The Balaban J connectivity index is 1.32. The van der Waals surface area contributed by atoms with Gasteiger partial charge in [-0.2, -0.15) is 0 Å². The molecule has 2 N–H and O–H groups in total. The number of nitrogens with one attached hydrogen (secondary N) is 2. The number of carbonyl (C=O) groups excluding carboxylic acids is 3. The Bertz CT molecular complexity index is 1270. The number of ether oxygens (including phenoxy) is 1. The second-order valence-electron chi connectivity index (χ2n) is 9.27. The first-order valence-corrected chi connectivity index (χ1v) is 13.0. The third kappa shape index (κ3) is 7.65. The van der Waals surface area contributed by atoms with Gasteiger partial charge in [-0.05, 0) is 29.2 Å². The summed E-state index contributed by atoms with van der Waals surface area (Å²) in [5, 5.41) is 5.34. The minimum Gasteiger partial charge on any atom is -0.463 e. The van der Waals surface area contributed by atoms with E-state index in [1.807, 2.05) is 121 Å². The van der Waals surface area contributed by atoms with E-state index in [1.54, 1.807) is 6.92 Å². The van der Waals surface area contributed by atoms with E-state index >= 15 is 0 Å². The molecular weight excluding hydrogens is 488 g/mol. The molecule has 0 radical (unpaired) electrons. The summed E-state index contributed by atoms with van der Waals surface area (Å²) in [5.41, 5.74) is 3.71. The number of hydrogen-bond donors (Lipinski definition) is 2. The molecule has 1 atom stereocenters. The van der Waals surface area contributed by atoms with Gasteiger partial charge < -0.3 is 15.4 Å². The maximum atomic E-state index is 13.1. The summed E-state index contributed by atoms with van der Waals surface area (Å²) in [6.07, 6.45) is 0. The summed E-state index contributed by atoms with van der Waals surface area (Å²) < 4.78 is 5.61. The molecular formula is C33H32N2O4. The Kier molecular flexibility index (Phi) is 9.62. The lowest BCUT2D eigenvalue weighted by Crippen LogP contribution is -2.45. The maximum Gasteiger partial charge on any atom is 0.328 e. The third-order valence-electron chi connectivity index (χ3n) is 6.48. The number of benzene rings is 4. The minimum absolute atomic E-state index is 0.133. The van der Waals surface area contributed by atoms with Crippen LogP contribution in [0.1, 0.15) is 41.0 Å². The first-order valence-electron chi connectivity index (χ1n) is 13.0. The van der Waals surface area contributed by atoms with Gasteiger partial charge in [-0.1, -0.05) is 121 Å². The smallest absolute Gasteiger partial charge is 0.328 e. The van der Waals surface area contributed by atoms with Crippen molar-refractivity contribution in [1.82, 2.24) is 10.6 Å². The lowest BCUT2D eigenvalue weighted by Gasteiger charge is -2.20. The topological polar surface area (TPSA) is 84.5 Å². The summed E-state index contributed by atoms with van der Waals surface area (Å²) in [6.45, 7) is 1.45. The molecule has 0 bridgehead atoms.